The molecule has 1 aliphatic rings. The maximum atomic E-state index is 14.2. The Balaban J connectivity index is 1.39. The Morgan fingerprint density at radius 1 is 1.24 bits per heavy atom. The van der Waals surface area contributed by atoms with Crippen molar-refractivity contribution in [1.82, 2.24) is 14.8 Å². The van der Waals surface area contributed by atoms with Crippen LogP contribution in [0.3, 0.4) is 0 Å². The van der Waals surface area contributed by atoms with Crippen molar-refractivity contribution in [3.05, 3.63) is 72.1 Å². The highest BCUT2D eigenvalue weighted by Crippen LogP contribution is 2.28. The van der Waals surface area contributed by atoms with Crippen molar-refractivity contribution in [2.45, 2.75) is 19.9 Å². The third kappa shape index (κ3) is 4.16. The molecule has 1 unspecified atom stereocenters. The molecule has 3 aromatic rings. The Morgan fingerprint density at radius 3 is 2.72 bits per heavy atom. The minimum atomic E-state index is -0.530. The van der Waals surface area contributed by atoms with Crippen molar-refractivity contribution in [3.63, 3.8) is 0 Å². The second kappa shape index (κ2) is 7.83. The summed E-state index contributed by atoms with van der Waals surface area (Å²) < 4.78 is 15.9. The van der Waals surface area contributed by atoms with E-state index in [-0.39, 0.29) is 30.5 Å². The van der Waals surface area contributed by atoms with Gasteiger partial charge in [0.25, 0.3) is 0 Å². The van der Waals surface area contributed by atoms with E-state index in [1.807, 2.05) is 12.1 Å². The second-order valence-electron chi connectivity index (χ2n) is 7.14. The van der Waals surface area contributed by atoms with Crippen LogP contribution in [0.1, 0.15) is 17.5 Å². The zero-order chi connectivity index (χ0) is 20.4. The van der Waals surface area contributed by atoms with Crippen LogP contribution in [0.4, 0.5) is 15.8 Å². The molecule has 0 saturated carbocycles. The van der Waals surface area contributed by atoms with E-state index in [4.69, 9.17) is 0 Å². The summed E-state index contributed by atoms with van der Waals surface area (Å²) in [6, 6.07) is 12.1. The first kappa shape index (κ1) is 18.8. The van der Waals surface area contributed by atoms with Gasteiger partial charge in [-0.25, -0.2) is 14.1 Å². The zero-order valence-electron chi connectivity index (χ0n) is 15.9. The van der Waals surface area contributed by atoms with Gasteiger partial charge in [0, 0.05) is 18.7 Å². The zero-order valence-corrected chi connectivity index (χ0v) is 15.9. The van der Waals surface area contributed by atoms with Gasteiger partial charge in [0.15, 0.2) is 0 Å². The quantitative estimate of drug-likeness (QED) is 0.723. The molecule has 0 radical (unpaired) electrons. The summed E-state index contributed by atoms with van der Waals surface area (Å²) in [6.45, 7) is 2.53. The summed E-state index contributed by atoms with van der Waals surface area (Å²) in [6.07, 6.45) is 3.17. The number of anilines is 2. The first-order valence-corrected chi connectivity index (χ1v) is 9.28. The summed E-state index contributed by atoms with van der Waals surface area (Å²) in [5.41, 5.74) is 2.66. The Morgan fingerprint density at radius 2 is 2.03 bits per heavy atom. The Bertz CT molecular complexity index is 1030. The molecule has 1 saturated heterocycles. The molecule has 2 aromatic carbocycles. The molecule has 0 spiro atoms. The molecule has 1 aromatic heterocycles. The third-order valence-corrected chi connectivity index (χ3v) is 4.92. The molecule has 2 amide bonds. The summed E-state index contributed by atoms with van der Waals surface area (Å²) in [7, 11) is 0. The molecule has 2 heterocycles. The lowest BCUT2D eigenvalue weighted by Crippen LogP contribution is -2.28. The Labute approximate surface area is 167 Å². The largest absolute Gasteiger partial charge is 0.326 e. The predicted molar refractivity (Wildman–Crippen MR) is 106 cm³/mol. The van der Waals surface area contributed by atoms with Crippen molar-refractivity contribution in [2.75, 3.05) is 16.8 Å². The van der Waals surface area contributed by atoms with E-state index >= 15 is 0 Å². The highest BCUT2D eigenvalue weighted by atomic mass is 19.1. The second-order valence-corrected chi connectivity index (χ2v) is 7.14. The molecule has 1 fully saturated rings. The standard InChI is InChI=1S/C21H20FN5O2/c1-14-2-7-19(18(22)8-14)27-11-16(9-20(27)28)21(29)25-17-5-3-15(4-6-17)10-26-13-23-12-24-26/h2-8,12-13,16H,9-11H2,1H3,(H,25,29). The summed E-state index contributed by atoms with van der Waals surface area (Å²) >= 11 is 0. The Kier molecular flexibility index (Phi) is 5.07. The lowest BCUT2D eigenvalue weighted by atomic mass is 10.1. The van der Waals surface area contributed by atoms with Gasteiger partial charge in [-0.3, -0.25) is 9.59 Å². The first-order valence-electron chi connectivity index (χ1n) is 9.28. The number of aryl methyl sites for hydroxylation is 1. The Hall–Kier alpha value is -3.55. The van der Waals surface area contributed by atoms with E-state index < -0.39 is 11.7 Å². The van der Waals surface area contributed by atoms with Crippen LogP contribution in [0, 0.1) is 18.7 Å². The van der Waals surface area contributed by atoms with Gasteiger partial charge in [-0.05, 0) is 42.3 Å². The smallest absolute Gasteiger partial charge is 0.229 e. The van der Waals surface area contributed by atoms with Crippen LogP contribution < -0.4 is 10.2 Å². The number of aromatic nitrogens is 3. The van der Waals surface area contributed by atoms with Gasteiger partial charge < -0.3 is 10.2 Å². The normalized spacial score (nSPS) is 16.3. The van der Waals surface area contributed by atoms with Gasteiger partial charge in [0.05, 0.1) is 18.2 Å². The van der Waals surface area contributed by atoms with Gasteiger partial charge in [-0.1, -0.05) is 18.2 Å². The number of amides is 2. The number of hydrogen-bond donors (Lipinski definition) is 1. The van der Waals surface area contributed by atoms with Gasteiger partial charge in [-0.2, -0.15) is 5.10 Å². The van der Waals surface area contributed by atoms with Gasteiger partial charge in [0.2, 0.25) is 11.8 Å². The monoisotopic (exact) mass is 393 g/mol. The van der Waals surface area contributed by atoms with Crippen molar-refractivity contribution in [3.8, 4) is 0 Å². The SMILES string of the molecule is Cc1ccc(N2CC(C(=O)Nc3ccc(Cn4cncn4)cc3)CC2=O)c(F)c1. The lowest BCUT2D eigenvalue weighted by molar-refractivity contribution is -0.122. The summed E-state index contributed by atoms with van der Waals surface area (Å²) in [4.78, 5) is 30.2. The minimum Gasteiger partial charge on any atom is -0.326 e. The highest BCUT2D eigenvalue weighted by molar-refractivity contribution is 6.03. The molecule has 29 heavy (non-hydrogen) atoms. The molecule has 0 bridgehead atoms. The van der Waals surface area contributed by atoms with Crippen molar-refractivity contribution in [2.24, 2.45) is 5.92 Å². The van der Waals surface area contributed by atoms with Crippen molar-refractivity contribution < 1.29 is 14.0 Å². The van der Waals surface area contributed by atoms with E-state index in [0.29, 0.717) is 12.2 Å². The van der Waals surface area contributed by atoms with Gasteiger partial charge in [0.1, 0.15) is 18.5 Å². The van der Waals surface area contributed by atoms with E-state index in [1.165, 1.54) is 17.3 Å². The van der Waals surface area contributed by atoms with Crippen LogP contribution in [0.2, 0.25) is 0 Å². The average molecular weight is 393 g/mol. The van der Waals surface area contributed by atoms with Crippen LogP contribution in [0.5, 0.6) is 0 Å². The predicted octanol–water partition coefficient (Wildman–Crippen LogP) is 2.77. The van der Waals surface area contributed by atoms with E-state index in [1.54, 1.807) is 42.2 Å². The third-order valence-electron chi connectivity index (χ3n) is 4.92. The minimum absolute atomic E-state index is 0.0591. The fraction of sp³-hybridized carbons (Fsp3) is 0.238. The molecule has 1 N–H and O–H groups in total. The van der Waals surface area contributed by atoms with Gasteiger partial charge >= 0.3 is 0 Å². The number of benzene rings is 2. The maximum Gasteiger partial charge on any atom is 0.229 e. The number of carbonyl (C=O) groups is 2. The van der Waals surface area contributed by atoms with E-state index in [2.05, 4.69) is 15.4 Å². The lowest BCUT2D eigenvalue weighted by Gasteiger charge is -2.18. The van der Waals surface area contributed by atoms with Crippen LogP contribution in [-0.2, 0) is 16.1 Å². The number of halogens is 1. The number of carbonyl (C=O) groups excluding carboxylic acids is 2. The maximum absolute atomic E-state index is 14.2. The van der Waals surface area contributed by atoms with Crippen LogP contribution in [0.15, 0.2) is 55.1 Å². The van der Waals surface area contributed by atoms with Crippen LogP contribution >= 0.6 is 0 Å². The van der Waals surface area contributed by atoms with Crippen LogP contribution in [-0.4, -0.2) is 33.1 Å². The molecular weight excluding hydrogens is 373 g/mol. The first-order chi connectivity index (χ1) is 14.0. The number of rotatable bonds is 5. The molecule has 7 nitrogen and oxygen atoms in total. The topological polar surface area (TPSA) is 80.1 Å². The average Bonchev–Trinajstić information content (AvgIpc) is 3.33. The summed E-state index contributed by atoms with van der Waals surface area (Å²) in [5.74, 6) is -1.49. The summed E-state index contributed by atoms with van der Waals surface area (Å²) in [5, 5.41) is 6.90. The molecule has 1 atom stereocenters. The molecule has 4 rings (SSSR count). The highest BCUT2D eigenvalue weighted by Gasteiger charge is 2.36. The number of nitrogens with one attached hydrogen (secondary N) is 1. The molecule has 0 aliphatic carbocycles. The van der Waals surface area contributed by atoms with Crippen LogP contribution in [0.25, 0.3) is 0 Å². The van der Waals surface area contributed by atoms with E-state index in [0.717, 1.165) is 11.1 Å². The van der Waals surface area contributed by atoms with Crippen molar-refractivity contribution >= 4 is 23.2 Å². The fourth-order valence-electron chi connectivity index (χ4n) is 3.39. The molecule has 1 aliphatic heterocycles. The molecule has 148 valence electrons. The number of hydrogen-bond acceptors (Lipinski definition) is 4. The molecule has 8 heteroatoms. The van der Waals surface area contributed by atoms with E-state index in [9.17, 15) is 14.0 Å². The fourth-order valence-corrected chi connectivity index (χ4v) is 3.39. The molecular formula is C21H20FN5O2. The van der Waals surface area contributed by atoms with Crippen molar-refractivity contribution in [1.29, 1.82) is 0 Å². The number of nitrogens with zero attached hydrogens (tertiary/aromatic N) is 4. The van der Waals surface area contributed by atoms with Gasteiger partial charge in [-0.15, -0.1) is 0 Å².